The number of nitrogens with zero attached hydrogens (tertiary/aromatic N) is 2. The fourth-order valence-corrected chi connectivity index (χ4v) is 3.51. The van der Waals surface area contributed by atoms with Gasteiger partial charge in [-0.05, 0) is 12.1 Å². The van der Waals surface area contributed by atoms with Gasteiger partial charge in [0.15, 0.2) is 0 Å². The molecule has 1 saturated heterocycles. The lowest BCUT2D eigenvalue weighted by atomic mass is 10.6. The first kappa shape index (κ1) is 10.2. The molecule has 0 atom stereocenters. The van der Waals surface area contributed by atoms with E-state index in [1.54, 1.807) is 12.1 Å². The molecule has 1 fully saturated rings. The number of thiophene rings is 1. The molecule has 0 radical (unpaired) electrons. The van der Waals surface area contributed by atoms with Crippen molar-refractivity contribution in [2.45, 2.75) is 0 Å². The predicted molar refractivity (Wildman–Crippen MR) is 58.2 cm³/mol. The van der Waals surface area contributed by atoms with Gasteiger partial charge in [-0.1, -0.05) is 11.6 Å². The lowest BCUT2D eigenvalue weighted by Crippen LogP contribution is -2.31. The topological polar surface area (TPSA) is 40.4 Å². The van der Waals surface area contributed by atoms with E-state index in [1.807, 2.05) is 0 Å². The van der Waals surface area contributed by atoms with E-state index in [9.17, 15) is 8.42 Å². The number of anilines is 1. The summed E-state index contributed by atoms with van der Waals surface area (Å²) in [6.07, 6.45) is 0. The maximum absolute atomic E-state index is 11.7. The summed E-state index contributed by atoms with van der Waals surface area (Å²) in [4.78, 5) is 0. The molecule has 0 amide bonds. The number of hydrogen-bond donors (Lipinski definition) is 0. The van der Waals surface area contributed by atoms with Crippen molar-refractivity contribution in [1.29, 1.82) is 0 Å². The maximum atomic E-state index is 11.7. The number of hydrogen-bond acceptors (Lipinski definition) is 3. The van der Waals surface area contributed by atoms with Crippen molar-refractivity contribution in [2.75, 3.05) is 24.4 Å². The van der Waals surface area contributed by atoms with Crippen molar-refractivity contribution in [2.24, 2.45) is 0 Å². The molecule has 2 rings (SSSR count). The molecule has 0 N–H and O–H groups in total. The smallest absolute Gasteiger partial charge is 0.251 e. The van der Waals surface area contributed by atoms with Crippen molar-refractivity contribution in [3.05, 3.63) is 16.5 Å². The highest BCUT2D eigenvalue weighted by atomic mass is 35.5. The van der Waals surface area contributed by atoms with Gasteiger partial charge >= 0.3 is 10.2 Å². The number of halogens is 1. The second-order valence-corrected chi connectivity index (χ2v) is 6.61. The van der Waals surface area contributed by atoms with Gasteiger partial charge in [0.1, 0.15) is 5.00 Å². The first-order valence-corrected chi connectivity index (χ1v) is 6.60. The Hall–Kier alpha value is -0.300. The Labute approximate surface area is 91.9 Å². The quantitative estimate of drug-likeness (QED) is 0.763. The van der Waals surface area contributed by atoms with E-state index >= 15 is 0 Å². The minimum absolute atomic E-state index is 0.591. The summed E-state index contributed by atoms with van der Waals surface area (Å²) < 4.78 is 26.7. The van der Waals surface area contributed by atoms with E-state index in [1.165, 1.54) is 27.0 Å². The zero-order chi connectivity index (χ0) is 10.3. The van der Waals surface area contributed by atoms with Crippen molar-refractivity contribution in [1.82, 2.24) is 4.31 Å². The van der Waals surface area contributed by atoms with Gasteiger partial charge in [-0.25, -0.2) is 0 Å². The summed E-state index contributed by atoms with van der Waals surface area (Å²) in [7, 11) is -1.75. The first-order valence-electron chi connectivity index (χ1n) is 4.01. The highest BCUT2D eigenvalue weighted by molar-refractivity contribution is 7.90. The summed E-state index contributed by atoms with van der Waals surface area (Å²) in [6, 6.07) is 3.39. The zero-order valence-electron chi connectivity index (χ0n) is 7.47. The van der Waals surface area contributed by atoms with E-state index in [-0.39, 0.29) is 0 Å². The third-order valence-corrected chi connectivity index (χ3v) is 5.28. The molecule has 0 bridgehead atoms. The van der Waals surface area contributed by atoms with Gasteiger partial charge in [-0.2, -0.15) is 12.7 Å². The third-order valence-electron chi connectivity index (χ3n) is 1.95. The fourth-order valence-electron chi connectivity index (χ4n) is 1.03. The maximum Gasteiger partial charge on any atom is 0.304 e. The summed E-state index contributed by atoms with van der Waals surface area (Å²) in [5.41, 5.74) is 0. The van der Waals surface area contributed by atoms with Gasteiger partial charge in [0.2, 0.25) is 0 Å². The van der Waals surface area contributed by atoms with Crippen LogP contribution < -0.4 is 4.31 Å². The molecular formula is C7H9ClN2O2S2. The Bertz CT molecular complexity index is 438. The average Bonchev–Trinajstić information content (AvgIpc) is 2.89. The number of rotatable bonds is 3. The molecule has 4 nitrogen and oxygen atoms in total. The zero-order valence-corrected chi connectivity index (χ0v) is 9.86. The van der Waals surface area contributed by atoms with Crippen LogP contribution in [0, 0.1) is 0 Å². The summed E-state index contributed by atoms with van der Waals surface area (Å²) in [5, 5.41) is 0.641. The SMILES string of the molecule is CN(c1ccc(Cl)s1)S(=O)(=O)N1CC1. The molecule has 0 saturated carbocycles. The van der Waals surface area contributed by atoms with E-state index in [2.05, 4.69) is 0 Å². The Morgan fingerprint density at radius 1 is 1.50 bits per heavy atom. The monoisotopic (exact) mass is 252 g/mol. The summed E-state index contributed by atoms with van der Waals surface area (Å²) >= 11 is 6.99. The van der Waals surface area contributed by atoms with Crippen molar-refractivity contribution in [3.8, 4) is 0 Å². The van der Waals surface area contributed by atoms with Crippen LogP contribution in [0.15, 0.2) is 12.1 Å². The van der Waals surface area contributed by atoms with Crippen molar-refractivity contribution < 1.29 is 8.42 Å². The minimum Gasteiger partial charge on any atom is -0.251 e. The summed E-state index contributed by atoms with van der Waals surface area (Å²) in [6.45, 7) is 1.23. The van der Waals surface area contributed by atoms with E-state index in [0.29, 0.717) is 22.4 Å². The van der Waals surface area contributed by atoms with E-state index in [4.69, 9.17) is 11.6 Å². The molecule has 0 aliphatic carbocycles. The molecule has 0 spiro atoms. The van der Waals surface area contributed by atoms with Crippen LogP contribution in [-0.2, 0) is 10.2 Å². The Balaban J connectivity index is 2.27. The Morgan fingerprint density at radius 3 is 2.57 bits per heavy atom. The molecule has 1 aromatic heterocycles. The van der Waals surface area contributed by atoms with Crippen molar-refractivity contribution >= 4 is 38.1 Å². The van der Waals surface area contributed by atoms with Crippen LogP contribution >= 0.6 is 22.9 Å². The predicted octanol–water partition coefficient (Wildman–Crippen LogP) is 1.40. The molecule has 2 heterocycles. The van der Waals surface area contributed by atoms with E-state index < -0.39 is 10.2 Å². The van der Waals surface area contributed by atoms with E-state index in [0.717, 1.165) is 0 Å². The highest BCUT2D eigenvalue weighted by Gasteiger charge is 2.35. The van der Waals surface area contributed by atoms with Gasteiger partial charge in [0, 0.05) is 20.1 Å². The second-order valence-electron chi connectivity index (χ2n) is 2.95. The summed E-state index contributed by atoms with van der Waals surface area (Å²) in [5.74, 6) is 0. The average molecular weight is 253 g/mol. The lowest BCUT2D eigenvalue weighted by Gasteiger charge is -2.16. The molecule has 7 heteroatoms. The minimum atomic E-state index is -3.29. The van der Waals surface area contributed by atoms with Gasteiger partial charge in [0.25, 0.3) is 0 Å². The second kappa shape index (κ2) is 3.37. The molecule has 1 aliphatic heterocycles. The first-order chi connectivity index (χ1) is 6.51. The molecule has 1 aromatic rings. The fraction of sp³-hybridized carbons (Fsp3) is 0.429. The standard InChI is InChI=1S/C7H9ClN2O2S2/c1-9(7-3-2-6(8)13-7)14(11,12)10-4-5-10/h2-3H,4-5H2,1H3. The molecule has 14 heavy (non-hydrogen) atoms. The van der Waals surface area contributed by atoms with Crippen molar-refractivity contribution in [3.63, 3.8) is 0 Å². The van der Waals surface area contributed by atoms with Gasteiger partial charge in [-0.15, -0.1) is 11.3 Å². The van der Waals surface area contributed by atoms with Crippen LogP contribution in [0.5, 0.6) is 0 Å². The third kappa shape index (κ3) is 1.75. The normalized spacial score (nSPS) is 17.0. The molecule has 1 aliphatic rings. The Kier molecular flexibility index (Phi) is 2.46. The van der Waals surface area contributed by atoms with Crippen LogP contribution in [0.2, 0.25) is 4.34 Å². The van der Waals surface area contributed by atoms with Crippen LogP contribution in [-0.4, -0.2) is 32.9 Å². The van der Waals surface area contributed by atoms with Gasteiger partial charge < -0.3 is 0 Å². The van der Waals surface area contributed by atoms with Crippen LogP contribution in [0.1, 0.15) is 0 Å². The molecule has 0 unspecified atom stereocenters. The highest BCUT2D eigenvalue weighted by Crippen LogP contribution is 2.31. The molecule has 0 aromatic carbocycles. The molecular weight excluding hydrogens is 244 g/mol. The van der Waals surface area contributed by atoms with Crippen LogP contribution in [0.4, 0.5) is 5.00 Å². The lowest BCUT2D eigenvalue weighted by molar-refractivity contribution is 0.561. The largest absolute Gasteiger partial charge is 0.304 e. The van der Waals surface area contributed by atoms with Gasteiger partial charge in [0.05, 0.1) is 4.34 Å². The van der Waals surface area contributed by atoms with Crippen LogP contribution in [0.3, 0.4) is 0 Å². The van der Waals surface area contributed by atoms with Crippen LogP contribution in [0.25, 0.3) is 0 Å². The van der Waals surface area contributed by atoms with Gasteiger partial charge in [-0.3, -0.25) is 4.31 Å². The Morgan fingerprint density at radius 2 is 2.14 bits per heavy atom. The molecule has 78 valence electrons.